The van der Waals surface area contributed by atoms with Crippen molar-refractivity contribution in [2.75, 3.05) is 52.2 Å². The molecule has 0 radical (unpaired) electrons. The van der Waals surface area contributed by atoms with Crippen molar-refractivity contribution in [2.24, 2.45) is 0 Å². The summed E-state index contributed by atoms with van der Waals surface area (Å²) < 4.78 is 4.98. The first-order valence-electron chi connectivity index (χ1n) is 9.63. The van der Waals surface area contributed by atoms with Crippen molar-refractivity contribution in [3.63, 3.8) is 0 Å². The number of aromatic nitrogens is 1. The van der Waals surface area contributed by atoms with Crippen LogP contribution in [0, 0.1) is 0 Å². The Morgan fingerprint density at radius 3 is 2.41 bits per heavy atom. The van der Waals surface area contributed by atoms with Crippen molar-refractivity contribution in [1.82, 2.24) is 20.1 Å². The van der Waals surface area contributed by atoms with E-state index in [1.807, 2.05) is 18.2 Å². The van der Waals surface area contributed by atoms with E-state index >= 15 is 0 Å². The van der Waals surface area contributed by atoms with Crippen LogP contribution in [0.2, 0.25) is 0 Å². The highest BCUT2D eigenvalue weighted by Crippen LogP contribution is 2.21. The minimum absolute atomic E-state index is 0.0179. The maximum Gasteiger partial charge on any atom is 0.313 e. The molecule has 1 atom stereocenters. The van der Waals surface area contributed by atoms with Gasteiger partial charge < -0.3 is 20.3 Å². The molecule has 8 heteroatoms. The van der Waals surface area contributed by atoms with E-state index < -0.39 is 11.8 Å². The number of pyridine rings is 1. The molecule has 0 saturated carbocycles. The van der Waals surface area contributed by atoms with Gasteiger partial charge in [0.1, 0.15) is 0 Å². The smallest absolute Gasteiger partial charge is 0.313 e. The Hall–Kier alpha value is -2.97. The van der Waals surface area contributed by atoms with Crippen LogP contribution in [0.5, 0.6) is 5.88 Å². The Morgan fingerprint density at radius 1 is 1.07 bits per heavy atom. The summed E-state index contributed by atoms with van der Waals surface area (Å²) in [5.41, 5.74) is 1.56. The second-order valence-corrected chi connectivity index (χ2v) is 7.02. The number of nitrogens with one attached hydrogen (secondary N) is 2. The number of amides is 2. The molecule has 2 aromatic rings. The predicted molar refractivity (Wildman–Crippen MR) is 111 cm³/mol. The molecule has 154 valence electrons. The number of likely N-dealkylation sites (N-methyl/N-ethyl adjacent to an activating group) is 1. The molecule has 1 aliphatic heterocycles. The number of rotatable bonds is 6. The molecule has 0 bridgehead atoms. The van der Waals surface area contributed by atoms with Gasteiger partial charge in [-0.05, 0) is 18.7 Å². The molecule has 2 amide bonds. The maximum atomic E-state index is 12.3. The second kappa shape index (κ2) is 9.99. The van der Waals surface area contributed by atoms with Crippen LogP contribution >= 0.6 is 0 Å². The molecule has 1 aromatic carbocycles. The number of anilines is 1. The fourth-order valence-corrected chi connectivity index (χ4v) is 3.30. The summed E-state index contributed by atoms with van der Waals surface area (Å²) in [5, 5.41) is 5.33. The van der Waals surface area contributed by atoms with Gasteiger partial charge in [0.05, 0.1) is 25.0 Å². The molecular weight excluding hydrogens is 370 g/mol. The Balaban J connectivity index is 1.60. The minimum Gasteiger partial charge on any atom is -0.481 e. The van der Waals surface area contributed by atoms with Gasteiger partial charge in [-0.25, -0.2) is 4.98 Å². The van der Waals surface area contributed by atoms with Gasteiger partial charge in [-0.3, -0.25) is 14.5 Å². The van der Waals surface area contributed by atoms with Gasteiger partial charge in [0, 0.05) is 38.8 Å². The van der Waals surface area contributed by atoms with E-state index in [0.717, 1.165) is 31.7 Å². The zero-order valence-corrected chi connectivity index (χ0v) is 16.8. The summed E-state index contributed by atoms with van der Waals surface area (Å²) in [5.74, 6) is -0.955. The number of hydrogen-bond acceptors (Lipinski definition) is 6. The first-order chi connectivity index (χ1) is 14.1. The first-order valence-corrected chi connectivity index (χ1v) is 9.63. The Labute approximate surface area is 170 Å². The van der Waals surface area contributed by atoms with Gasteiger partial charge in [-0.2, -0.15) is 0 Å². The van der Waals surface area contributed by atoms with Crippen LogP contribution in [0.25, 0.3) is 0 Å². The van der Waals surface area contributed by atoms with Crippen molar-refractivity contribution in [1.29, 1.82) is 0 Å². The van der Waals surface area contributed by atoms with Crippen molar-refractivity contribution in [3.8, 4) is 5.88 Å². The number of carbonyl (C=O) groups is 2. The van der Waals surface area contributed by atoms with Gasteiger partial charge in [0.25, 0.3) is 0 Å². The third-order valence-electron chi connectivity index (χ3n) is 5.03. The molecule has 1 aromatic heterocycles. The number of hydrogen-bond donors (Lipinski definition) is 2. The molecule has 1 aliphatic rings. The molecule has 0 unspecified atom stereocenters. The largest absolute Gasteiger partial charge is 0.481 e. The summed E-state index contributed by atoms with van der Waals surface area (Å²) in [6, 6.07) is 13.3. The Morgan fingerprint density at radius 2 is 1.79 bits per heavy atom. The quantitative estimate of drug-likeness (QED) is 0.711. The standard InChI is InChI=1S/C21H27N5O3/c1-25-10-12-26(13-11-25)18(16-6-4-3-5-7-16)15-23-20(27)21(28)24-17-8-9-19(29-2)22-14-17/h3-9,14,18H,10-13,15H2,1-2H3,(H,23,27)(H,24,28)/t18-/m1/s1. The number of carbonyl (C=O) groups excluding carboxylic acids is 2. The fourth-order valence-electron chi connectivity index (χ4n) is 3.30. The van der Waals surface area contributed by atoms with Gasteiger partial charge in [-0.15, -0.1) is 0 Å². The number of ether oxygens (including phenoxy) is 1. The molecule has 1 fully saturated rings. The van der Waals surface area contributed by atoms with E-state index in [0.29, 0.717) is 18.1 Å². The van der Waals surface area contributed by atoms with E-state index in [2.05, 4.69) is 44.6 Å². The van der Waals surface area contributed by atoms with Crippen molar-refractivity contribution < 1.29 is 14.3 Å². The van der Waals surface area contributed by atoms with E-state index in [4.69, 9.17) is 4.74 Å². The van der Waals surface area contributed by atoms with Crippen LogP contribution in [0.4, 0.5) is 5.69 Å². The van der Waals surface area contributed by atoms with E-state index in [9.17, 15) is 9.59 Å². The summed E-state index contributed by atoms with van der Waals surface area (Å²) in [6.07, 6.45) is 1.45. The second-order valence-electron chi connectivity index (χ2n) is 7.02. The summed E-state index contributed by atoms with van der Waals surface area (Å²) in [7, 11) is 3.62. The first kappa shape index (κ1) is 20.8. The highest BCUT2D eigenvalue weighted by Gasteiger charge is 2.25. The van der Waals surface area contributed by atoms with Crippen LogP contribution in [0.3, 0.4) is 0 Å². The van der Waals surface area contributed by atoms with Crippen LogP contribution < -0.4 is 15.4 Å². The molecular formula is C21H27N5O3. The lowest BCUT2D eigenvalue weighted by atomic mass is 10.0. The maximum absolute atomic E-state index is 12.3. The molecule has 29 heavy (non-hydrogen) atoms. The lowest BCUT2D eigenvalue weighted by molar-refractivity contribution is -0.136. The molecule has 0 aliphatic carbocycles. The predicted octanol–water partition coefficient (Wildman–Crippen LogP) is 1.13. The van der Waals surface area contributed by atoms with Crippen molar-refractivity contribution in [3.05, 3.63) is 54.2 Å². The number of piperazine rings is 1. The monoisotopic (exact) mass is 397 g/mol. The zero-order chi connectivity index (χ0) is 20.6. The summed E-state index contributed by atoms with van der Waals surface area (Å²) >= 11 is 0. The van der Waals surface area contributed by atoms with Crippen LogP contribution in [0.1, 0.15) is 11.6 Å². The van der Waals surface area contributed by atoms with Crippen LogP contribution in [-0.2, 0) is 9.59 Å². The van der Waals surface area contributed by atoms with E-state index in [1.54, 1.807) is 12.1 Å². The molecule has 3 rings (SSSR count). The fraction of sp³-hybridized carbons (Fsp3) is 0.381. The normalized spacial score (nSPS) is 16.1. The lowest BCUT2D eigenvalue weighted by Gasteiger charge is -2.38. The molecule has 2 heterocycles. The van der Waals surface area contributed by atoms with Crippen LogP contribution in [-0.4, -0.2) is 73.5 Å². The Kier molecular flexibility index (Phi) is 7.15. The number of benzene rings is 1. The van der Waals surface area contributed by atoms with E-state index in [-0.39, 0.29) is 6.04 Å². The van der Waals surface area contributed by atoms with Gasteiger partial charge >= 0.3 is 11.8 Å². The van der Waals surface area contributed by atoms with Gasteiger partial charge in [-0.1, -0.05) is 30.3 Å². The van der Waals surface area contributed by atoms with Gasteiger partial charge in [0.15, 0.2) is 0 Å². The minimum atomic E-state index is -0.720. The average Bonchev–Trinajstić information content (AvgIpc) is 2.76. The Bertz CT molecular complexity index is 805. The third-order valence-corrected chi connectivity index (χ3v) is 5.03. The number of methoxy groups -OCH3 is 1. The number of nitrogens with zero attached hydrogens (tertiary/aromatic N) is 3. The van der Waals surface area contributed by atoms with Gasteiger partial charge in [0.2, 0.25) is 5.88 Å². The molecule has 2 N–H and O–H groups in total. The SMILES string of the molecule is COc1ccc(NC(=O)C(=O)NC[C@H](c2ccccc2)N2CCN(C)CC2)cn1. The van der Waals surface area contributed by atoms with Crippen molar-refractivity contribution in [2.45, 2.75) is 6.04 Å². The highest BCUT2D eigenvalue weighted by molar-refractivity contribution is 6.39. The van der Waals surface area contributed by atoms with E-state index in [1.165, 1.54) is 13.3 Å². The lowest BCUT2D eigenvalue weighted by Crippen LogP contribution is -2.49. The topological polar surface area (TPSA) is 86.8 Å². The average molecular weight is 397 g/mol. The van der Waals surface area contributed by atoms with Crippen LogP contribution in [0.15, 0.2) is 48.7 Å². The highest BCUT2D eigenvalue weighted by atomic mass is 16.5. The molecule has 8 nitrogen and oxygen atoms in total. The molecule has 0 spiro atoms. The molecule has 1 saturated heterocycles. The third kappa shape index (κ3) is 5.75. The summed E-state index contributed by atoms with van der Waals surface area (Å²) in [6.45, 7) is 4.14. The zero-order valence-electron chi connectivity index (χ0n) is 16.8. The summed E-state index contributed by atoms with van der Waals surface area (Å²) in [4.78, 5) is 33.2. The van der Waals surface area contributed by atoms with Crippen molar-refractivity contribution >= 4 is 17.5 Å².